The maximum absolute atomic E-state index is 14.2. The Hall–Kier alpha value is -7.42. The minimum atomic E-state index is -1.28. The molecular formula is C53H88N16O11. The Balaban J connectivity index is 1.70. The van der Waals surface area contributed by atoms with Crippen molar-refractivity contribution in [1.29, 1.82) is 0 Å². The molecule has 1 aromatic rings. The summed E-state index contributed by atoms with van der Waals surface area (Å²) >= 11 is 0. The van der Waals surface area contributed by atoms with Gasteiger partial charge in [-0.15, -0.1) is 0 Å². The summed E-state index contributed by atoms with van der Waals surface area (Å²) in [7, 11) is 0. The predicted molar refractivity (Wildman–Crippen MR) is 298 cm³/mol. The number of primary amides is 1. The highest BCUT2D eigenvalue weighted by Crippen LogP contribution is 2.21. The minimum Gasteiger partial charge on any atom is -0.370 e. The average molecular weight is 1130 g/mol. The van der Waals surface area contributed by atoms with Crippen LogP contribution in [0.15, 0.2) is 35.3 Å². The van der Waals surface area contributed by atoms with Gasteiger partial charge in [0.15, 0.2) is 5.96 Å². The maximum atomic E-state index is 14.2. The smallest absolute Gasteiger partial charge is 0.245 e. The summed E-state index contributed by atoms with van der Waals surface area (Å²) < 4.78 is 0. The van der Waals surface area contributed by atoms with E-state index in [1.165, 1.54) is 30.6 Å². The highest BCUT2D eigenvalue weighted by atomic mass is 16.2. The van der Waals surface area contributed by atoms with Gasteiger partial charge in [-0.3, -0.25) is 57.7 Å². The van der Waals surface area contributed by atoms with Crippen LogP contribution in [0.25, 0.3) is 0 Å². The van der Waals surface area contributed by atoms with E-state index in [4.69, 9.17) is 28.7 Å². The van der Waals surface area contributed by atoms with E-state index in [1.807, 2.05) is 13.8 Å². The SMILES string of the molecule is CC(=O)N[C@@H](CCCN=C(N)N)C(=O)N1CCC[C@H]1C(=O)N[C@@H](CCCCN)C(=O)N[C@@H](Cc1ccccc1)C(=O)N[C@@H](C)C(=O)N[C@@H](C)C(=O)N[C@@H](CCCCN)C(=O)NCC(=O)N1CCC[C@H]1C(=O)N[C@@H](CC(C)C)C(N)=O. The van der Waals surface area contributed by atoms with Crippen LogP contribution >= 0.6 is 0 Å². The lowest BCUT2D eigenvalue weighted by Crippen LogP contribution is -2.59. The molecule has 2 heterocycles. The van der Waals surface area contributed by atoms with Crippen molar-refractivity contribution in [3.63, 3.8) is 0 Å². The Kier molecular flexibility index (Phi) is 28.9. The summed E-state index contributed by atoms with van der Waals surface area (Å²) in [5, 5.41) is 21.2. The molecule has 11 amide bonds. The highest BCUT2D eigenvalue weighted by Gasteiger charge is 2.40. The fourth-order valence-corrected chi connectivity index (χ4v) is 9.42. The summed E-state index contributed by atoms with van der Waals surface area (Å²) in [4.78, 5) is 154. The lowest BCUT2D eigenvalue weighted by atomic mass is 10.0. The molecule has 80 heavy (non-hydrogen) atoms. The first-order valence-corrected chi connectivity index (χ1v) is 27.7. The van der Waals surface area contributed by atoms with E-state index in [9.17, 15) is 52.7 Å². The number of likely N-dealkylation sites (tertiary alicyclic amines) is 2. The summed E-state index contributed by atoms with van der Waals surface area (Å²) in [6.45, 7) is 8.58. The van der Waals surface area contributed by atoms with Gasteiger partial charge in [0.25, 0.3) is 0 Å². The Labute approximate surface area is 468 Å². The molecule has 0 radical (unpaired) electrons. The fourth-order valence-electron chi connectivity index (χ4n) is 9.42. The zero-order valence-electron chi connectivity index (χ0n) is 47.0. The van der Waals surface area contributed by atoms with Crippen LogP contribution in [-0.2, 0) is 59.2 Å². The Morgan fingerprint density at radius 1 is 0.575 bits per heavy atom. The lowest BCUT2D eigenvalue weighted by molar-refractivity contribution is -0.142. The predicted octanol–water partition coefficient (Wildman–Crippen LogP) is -3.38. The van der Waals surface area contributed by atoms with Crippen molar-refractivity contribution in [2.45, 2.75) is 179 Å². The number of aliphatic imine (C=N–C) groups is 1. The molecule has 446 valence electrons. The molecule has 3 rings (SSSR count). The van der Waals surface area contributed by atoms with E-state index in [0.717, 1.165) is 0 Å². The van der Waals surface area contributed by atoms with Crippen LogP contribution in [0.4, 0.5) is 0 Å². The normalized spacial score (nSPS) is 17.5. The first kappa shape index (κ1) is 66.9. The molecular weight excluding hydrogens is 1040 g/mol. The number of hydrogen-bond donors (Lipinski definition) is 13. The van der Waals surface area contributed by atoms with Gasteiger partial charge in [0.1, 0.15) is 54.4 Å². The van der Waals surface area contributed by atoms with Crippen LogP contribution in [0.2, 0.25) is 0 Å². The second-order valence-corrected chi connectivity index (χ2v) is 20.9. The van der Waals surface area contributed by atoms with Gasteiger partial charge in [-0.05, 0) is 122 Å². The molecule has 2 aliphatic rings. The molecule has 0 bridgehead atoms. The number of carbonyl (C=O) groups excluding carboxylic acids is 11. The highest BCUT2D eigenvalue weighted by molar-refractivity contribution is 5.98. The summed E-state index contributed by atoms with van der Waals surface area (Å²) in [6, 6.07) is -1.11. The third-order valence-electron chi connectivity index (χ3n) is 13.7. The van der Waals surface area contributed by atoms with Gasteiger partial charge < -0.3 is 81.0 Å². The van der Waals surface area contributed by atoms with Gasteiger partial charge in [-0.25, -0.2) is 0 Å². The number of carbonyl (C=O) groups is 11. The molecule has 0 saturated carbocycles. The van der Waals surface area contributed by atoms with Crippen LogP contribution in [0.5, 0.6) is 0 Å². The van der Waals surface area contributed by atoms with Crippen molar-refractivity contribution >= 4 is 70.9 Å². The second-order valence-electron chi connectivity index (χ2n) is 20.9. The van der Waals surface area contributed by atoms with Crippen LogP contribution in [0, 0.1) is 5.92 Å². The standard InChI is InChI=1S/C53H88N16O11/c1-31(2)28-39(44(56)72)66-50(78)41-21-14-26-68(41)43(71)30-60-47(75)36(18-9-11-23-54)64-46(74)33(4)61-45(73)32(3)62-49(77)40(29-35-16-7-6-8-17-35)67-48(76)37(19-10-12-24-55)65-51(79)42-22-15-27-69(42)52(80)38(63-34(5)70)20-13-25-59-53(57)58/h6-8,16-17,31-33,36-42H,9-15,18-30,54-55H2,1-5H3,(H2,56,72)(H,60,75)(H,61,73)(H,62,77)(H,63,70)(H,64,74)(H,65,79)(H,66,78)(H,67,76)(H4,57,58,59)/t32-,33-,36-,37-,38-,39-,40-,41-,42-/m0/s1. The van der Waals surface area contributed by atoms with Crippen LogP contribution < -0.4 is 71.2 Å². The third kappa shape index (κ3) is 22.7. The second kappa shape index (κ2) is 34.6. The van der Waals surface area contributed by atoms with Crippen molar-refractivity contribution in [2.75, 3.05) is 39.3 Å². The third-order valence-corrected chi connectivity index (χ3v) is 13.7. The van der Waals surface area contributed by atoms with Gasteiger partial charge in [0.2, 0.25) is 65.0 Å². The number of nitrogens with zero attached hydrogens (tertiary/aromatic N) is 3. The van der Waals surface area contributed by atoms with E-state index >= 15 is 0 Å². The molecule has 27 heteroatoms. The van der Waals surface area contributed by atoms with E-state index in [2.05, 4.69) is 47.5 Å². The molecule has 0 spiro atoms. The molecule has 18 N–H and O–H groups in total. The van der Waals surface area contributed by atoms with Gasteiger partial charge in [-0.2, -0.15) is 0 Å². The van der Waals surface area contributed by atoms with Crippen molar-refractivity contribution in [3.8, 4) is 0 Å². The minimum absolute atomic E-state index is 0.0311. The average Bonchev–Trinajstić information content (AvgIpc) is 4.16. The Morgan fingerprint density at radius 3 is 1.62 bits per heavy atom. The number of nitrogens with two attached hydrogens (primary N) is 5. The van der Waals surface area contributed by atoms with E-state index in [-0.39, 0.29) is 63.6 Å². The maximum Gasteiger partial charge on any atom is 0.245 e. The quantitative estimate of drug-likeness (QED) is 0.0182. The first-order valence-electron chi connectivity index (χ1n) is 27.7. The van der Waals surface area contributed by atoms with Crippen LogP contribution in [0.3, 0.4) is 0 Å². The number of amides is 11. The number of guanidine groups is 1. The summed E-state index contributed by atoms with van der Waals surface area (Å²) in [5.41, 5.74) is 28.5. The van der Waals surface area contributed by atoms with E-state index in [1.54, 1.807) is 30.3 Å². The number of hydrogen-bond acceptors (Lipinski definition) is 14. The molecule has 2 fully saturated rings. The van der Waals surface area contributed by atoms with Crippen molar-refractivity contribution in [2.24, 2.45) is 39.6 Å². The molecule has 0 aromatic heterocycles. The summed E-state index contributed by atoms with van der Waals surface area (Å²) in [6.07, 6.45) is 4.58. The molecule has 9 atom stereocenters. The van der Waals surface area contributed by atoms with E-state index in [0.29, 0.717) is 76.4 Å². The summed E-state index contributed by atoms with van der Waals surface area (Å²) in [5.74, 6) is -7.08. The zero-order valence-corrected chi connectivity index (χ0v) is 47.0. The number of nitrogens with one attached hydrogen (secondary N) is 8. The zero-order chi connectivity index (χ0) is 59.5. The van der Waals surface area contributed by atoms with Gasteiger partial charge >= 0.3 is 0 Å². The first-order chi connectivity index (χ1) is 38.0. The van der Waals surface area contributed by atoms with Crippen molar-refractivity contribution in [3.05, 3.63) is 35.9 Å². The molecule has 27 nitrogen and oxygen atoms in total. The van der Waals surface area contributed by atoms with Gasteiger partial charge in [0, 0.05) is 33.0 Å². The molecule has 2 saturated heterocycles. The molecule has 0 aliphatic carbocycles. The Bertz CT molecular complexity index is 2300. The topological polar surface area (TPSA) is 433 Å². The number of unbranched alkanes of at least 4 members (excludes halogenated alkanes) is 2. The fraction of sp³-hybridized carbons (Fsp3) is 0.660. The monoisotopic (exact) mass is 1120 g/mol. The van der Waals surface area contributed by atoms with Crippen molar-refractivity contribution in [1.82, 2.24) is 52.3 Å². The van der Waals surface area contributed by atoms with E-state index < -0.39 is 126 Å². The van der Waals surface area contributed by atoms with Gasteiger partial charge in [0.05, 0.1) is 6.54 Å². The largest absolute Gasteiger partial charge is 0.370 e. The van der Waals surface area contributed by atoms with Crippen LogP contribution in [0.1, 0.15) is 124 Å². The molecule has 1 aromatic carbocycles. The number of benzene rings is 1. The van der Waals surface area contributed by atoms with Crippen LogP contribution in [-0.4, -0.2) is 174 Å². The lowest BCUT2D eigenvalue weighted by Gasteiger charge is -2.30. The van der Waals surface area contributed by atoms with Gasteiger partial charge in [-0.1, -0.05) is 44.2 Å². The Morgan fingerprint density at radius 2 is 1.07 bits per heavy atom. The van der Waals surface area contributed by atoms with Crippen molar-refractivity contribution < 1.29 is 52.7 Å². The molecule has 0 unspecified atom stereocenters. The number of rotatable bonds is 34. The molecule has 2 aliphatic heterocycles.